The molecule has 0 aliphatic heterocycles. The molecular weight excluding hydrogens is 380 g/mol. The first-order valence-electron chi connectivity index (χ1n) is 3.31. The van der Waals surface area contributed by atoms with Gasteiger partial charge in [0.05, 0.1) is 32.3 Å². The van der Waals surface area contributed by atoms with E-state index in [0.29, 0.717) is 0 Å². The molecule has 1 rings (SSSR count). The molecule has 0 unspecified atom stereocenters. The van der Waals surface area contributed by atoms with E-state index in [2.05, 4.69) is 0 Å². The van der Waals surface area contributed by atoms with E-state index in [1.807, 2.05) is 0 Å². The van der Waals surface area contributed by atoms with Crippen molar-refractivity contribution in [2.45, 2.75) is 32.3 Å². The molecule has 1 fully saturated rings. The zero-order valence-corrected chi connectivity index (χ0v) is 14.7. The Morgan fingerprint density at radius 2 is 0.467 bits per heavy atom. The summed E-state index contributed by atoms with van der Waals surface area (Å²) >= 11 is 35.3. The molecule has 15 heavy (non-hydrogen) atoms. The standard InChI is InChI=1S/C6H6Cl6.2ClH.Mg/c7-1-2(8)4(10)6(12)5(11)3(1)9;;;/h1-6H;2*1H;/q;;;+2/p-2/t1-,2-,3-,4+,5+,6+;;;. The third-order valence-electron chi connectivity index (χ3n) is 1.83. The molecule has 0 nitrogen and oxygen atoms in total. The topological polar surface area (TPSA) is 0 Å². The molecule has 88 valence electrons. The normalized spacial score (nSPS) is 44.4. The van der Waals surface area contributed by atoms with Crippen LogP contribution in [0.5, 0.6) is 0 Å². The van der Waals surface area contributed by atoms with Gasteiger partial charge >= 0.3 is 23.1 Å². The van der Waals surface area contributed by atoms with Crippen molar-refractivity contribution < 1.29 is 24.8 Å². The van der Waals surface area contributed by atoms with Gasteiger partial charge in [0.2, 0.25) is 0 Å². The second kappa shape index (κ2) is 9.94. The summed E-state index contributed by atoms with van der Waals surface area (Å²) in [5.41, 5.74) is 0. The minimum absolute atomic E-state index is 0. The third kappa shape index (κ3) is 5.30. The summed E-state index contributed by atoms with van der Waals surface area (Å²) in [7, 11) is 0. The van der Waals surface area contributed by atoms with Gasteiger partial charge in [-0.15, -0.1) is 69.6 Å². The van der Waals surface area contributed by atoms with Crippen LogP contribution in [0.1, 0.15) is 0 Å². The molecule has 1 aliphatic rings. The van der Waals surface area contributed by atoms with E-state index < -0.39 is 32.3 Å². The van der Waals surface area contributed by atoms with Crippen molar-refractivity contribution in [3.05, 3.63) is 0 Å². The number of halogens is 8. The monoisotopic (exact) mass is 382 g/mol. The van der Waals surface area contributed by atoms with Gasteiger partial charge in [0.1, 0.15) is 0 Å². The largest absolute Gasteiger partial charge is 2.00 e. The molecule has 0 heterocycles. The Morgan fingerprint density at radius 3 is 0.533 bits per heavy atom. The molecule has 0 aromatic heterocycles. The van der Waals surface area contributed by atoms with E-state index in [9.17, 15) is 0 Å². The first-order valence-corrected chi connectivity index (χ1v) is 5.93. The molecule has 0 aromatic rings. The number of rotatable bonds is 0. The summed E-state index contributed by atoms with van der Waals surface area (Å²) in [6, 6.07) is 0. The average Bonchev–Trinajstić information content (AvgIpc) is 2.08. The molecule has 0 radical (unpaired) electrons. The minimum Gasteiger partial charge on any atom is -1.00 e. The van der Waals surface area contributed by atoms with Gasteiger partial charge in [-0.1, -0.05) is 0 Å². The van der Waals surface area contributed by atoms with Crippen LogP contribution < -0.4 is 24.8 Å². The number of hydrogen-bond acceptors (Lipinski definition) is 0. The van der Waals surface area contributed by atoms with Crippen molar-refractivity contribution >= 4 is 92.7 Å². The van der Waals surface area contributed by atoms with Crippen LogP contribution >= 0.6 is 69.6 Å². The number of hydrogen-bond donors (Lipinski definition) is 0. The summed E-state index contributed by atoms with van der Waals surface area (Å²) in [5.74, 6) is 0. The van der Waals surface area contributed by atoms with Crippen LogP contribution in [0.4, 0.5) is 0 Å². The molecule has 0 saturated heterocycles. The van der Waals surface area contributed by atoms with Crippen molar-refractivity contribution in [3.8, 4) is 0 Å². The molecule has 0 spiro atoms. The fourth-order valence-corrected chi connectivity index (χ4v) is 3.38. The fraction of sp³-hybridized carbons (Fsp3) is 1.00. The van der Waals surface area contributed by atoms with Crippen molar-refractivity contribution in [2.75, 3.05) is 0 Å². The van der Waals surface area contributed by atoms with Gasteiger partial charge in [-0.05, 0) is 0 Å². The second-order valence-electron chi connectivity index (χ2n) is 2.67. The maximum atomic E-state index is 5.88. The summed E-state index contributed by atoms with van der Waals surface area (Å²) in [6.07, 6.45) is 0. The van der Waals surface area contributed by atoms with Gasteiger partial charge in [0, 0.05) is 0 Å². The van der Waals surface area contributed by atoms with E-state index in [4.69, 9.17) is 69.6 Å². The van der Waals surface area contributed by atoms with Gasteiger partial charge in [-0.3, -0.25) is 0 Å². The Morgan fingerprint density at radius 1 is 0.400 bits per heavy atom. The Bertz CT molecular complexity index is 111. The predicted molar refractivity (Wildman–Crippen MR) is 63.6 cm³/mol. The Labute approximate surface area is 148 Å². The van der Waals surface area contributed by atoms with E-state index >= 15 is 0 Å². The maximum absolute atomic E-state index is 5.88. The number of alkyl halides is 6. The molecule has 1 saturated carbocycles. The molecule has 0 N–H and O–H groups in total. The van der Waals surface area contributed by atoms with E-state index in [0.717, 1.165) is 0 Å². The predicted octanol–water partition coefficient (Wildman–Crippen LogP) is -2.73. The zero-order chi connectivity index (χ0) is 9.46. The summed E-state index contributed by atoms with van der Waals surface area (Å²) in [4.78, 5) is 0. The Kier molecular flexibility index (Phi) is 15.4. The summed E-state index contributed by atoms with van der Waals surface area (Å²) in [6.45, 7) is 0. The summed E-state index contributed by atoms with van der Waals surface area (Å²) in [5, 5.41) is -2.62. The average molecular weight is 386 g/mol. The second-order valence-corrected chi connectivity index (χ2v) is 5.69. The van der Waals surface area contributed by atoms with Crippen LogP contribution in [0.2, 0.25) is 0 Å². The molecule has 0 atom stereocenters. The van der Waals surface area contributed by atoms with Gasteiger partial charge in [-0.2, -0.15) is 0 Å². The van der Waals surface area contributed by atoms with Gasteiger partial charge in [0.15, 0.2) is 0 Å². The van der Waals surface area contributed by atoms with Gasteiger partial charge in [-0.25, -0.2) is 0 Å². The van der Waals surface area contributed by atoms with Crippen LogP contribution in [0.15, 0.2) is 0 Å². The molecule has 0 bridgehead atoms. The van der Waals surface area contributed by atoms with Crippen LogP contribution in [-0.4, -0.2) is 55.3 Å². The Hall–Kier alpha value is 3.09. The van der Waals surface area contributed by atoms with Crippen LogP contribution in [0, 0.1) is 0 Å². The van der Waals surface area contributed by atoms with Gasteiger partial charge in [0.25, 0.3) is 0 Å². The fourth-order valence-electron chi connectivity index (χ4n) is 1.05. The molecule has 0 amide bonds. The van der Waals surface area contributed by atoms with Crippen molar-refractivity contribution in [1.82, 2.24) is 0 Å². The summed E-state index contributed by atoms with van der Waals surface area (Å²) < 4.78 is 0. The molecule has 1 aliphatic carbocycles. The SMILES string of the molecule is Cl[C@H]1[C@H](Cl)[C@@H](Cl)[C@@H](Cl)[C@H](Cl)[C@H]1Cl.[Cl-].[Cl-].[Mg+2]. The first-order chi connectivity index (χ1) is 5.46. The van der Waals surface area contributed by atoms with Crippen molar-refractivity contribution in [1.29, 1.82) is 0 Å². The van der Waals surface area contributed by atoms with Crippen LogP contribution in [0.3, 0.4) is 0 Å². The van der Waals surface area contributed by atoms with Gasteiger partial charge < -0.3 is 24.8 Å². The first kappa shape index (κ1) is 23.2. The molecule has 0 aromatic carbocycles. The minimum atomic E-state index is -0.437. The third-order valence-corrected chi connectivity index (χ3v) is 5.86. The smallest absolute Gasteiger partial charge is 1.00 e. The maximum Gasteiger partial charge on any atom is 2.00 e. The molecular formula is C6H6Cl8Mg. The van der Waals surface area contributed by atoms with Crippen molar-refractivity contribution in [2.24, 2.45) is 0 Å². The molecule has 9 heteroatoms. The van der Waals surface area contributed by atoms with E-state index in [-0.39, 0.29) is 47.9 Å². The van der Waals surface area contributed by atoms with E-state index in [1.54, 1.807) is 0 Å². The Balaban J connectivity index is -0.000000480. The van der Waals surface area contributed by atoms with Crippen LogP contribution in [0.25, 0.3) is 0 Å². The van der Waals surface area contributed by atoms with Crippen molar-refractivity contribution in [3.63, 3.8) is 0 Å². The zero-order valence-electron chi connectivity index (χ0n) is 7.19. The van der Waals surface area contributed by atoms with E-state index in [1.165, 1.54) is 0 Å². The quantitative estimate of drug-likeness (QED) is 0.314. The van der Waals surface area contributed by atoms with Crippen LogP contribution in [-0.2, 0) is 0 Å².